The molecule has 2 aromatic rings. The van der Waals surface area contributed by atoms with Gasteiger partial charge < -0.3 is 10.1 Å². The van der Waals surface area contributed by atoms with Gasteiger partial charge in [0.1, 0.15) is 5.01 Å². The molecule has 0 saturated carbocycles. The van der Waals surface area contributed by atoms with Gasteiger partial charge >= 0.3 is 0 Å². The number of ether oxygens (including phenoxy) is 1. The van der Waals surface area contributed by atoms with Crippen LogP contribution in [0.5, 0.6) is 0 Å². The van der Waals surface area contributed by atoms with Crippen LogP contribution < -0.4 is 5.32 Å². The minimum atomic E-state index is 0.394. The molecule has 18 heavy (non-hydrogen) atoms. The second-order valence-electron chi connectivity index (χ2n) is 4.48. The van der Waals surface area contributed by atoms with Crippen molar-refractivity contribution in [1.29, 1.82) is 0 Å². The van der Waals surface area contributed by atoms with Gasteiger partial charge in [0.2, 0.25) is 0 Å². The monoisotopic (exact) mass is 326 g/mol. The molecule has 1 N–H and O–H groups in total. The van der Waals surface area contributed by atoms with E-state index in [0.717, 1.165) is 40.9 Å². The summed E-state index contributed by atoms with van der Waals surface area (Å²) >= 11 is 5.20. The molecule has 1 fully saturated rings. The Labute approximate surface area is 119 Å². The largest absolute Gasteiger partial charge is 0.371 e. The van der Waals surface area contributed by atoms with Gasteiger partial charge in [-0.05, 0) is 44.1 Å². The van der Waals surface area contributed by atoms with E-state index in [0.29, 0.717) is 12.7 Å². The van der Waals surface area contributed by atoms with Gasteiger partial charge in [0.25, 0.3) is 0 Å². The van der Waals surface area contributed by atoms with Crippen molar-refractivity contribution < 1.29 is 4.74 Å². The zero-order valence-electron chi connectivity index (χ0n) is 9.99. The highest BCUT2D eigenvalue weighted by molar-refractivity contribution is 9.10. The standard InChI is InChI=1S/C13H15BrN2OS/c14-9-1-2-11-12(7-9)18-13(16-11)8-17-10-3-5-15-6-4-10/h1-2,7,10,15H,3-6,8H2. The summed E-state index contributed by atoms with van der Waals surface area (Å²) in [6.45, 7) is 2.77. The molecule has 3 rings (SSSR count). The third-order valence-electron chi connectivity index (χ3n) is 3.12. The van der Waals surface area contributed by atoms with E-state index in [1.165, 1.54) is 4.70 Å². The Morgan fingerprint density at radius 2 is 2.22 bits per heavy atom. The first-order valence-corrected chi connectivity index (χ1v) is 7.79. The van der Waals surface area contributed by atoms with E-state index < -0.39 is 0 Å². The van der Waals surface area contributed by atoms with E-state index in [1.54, 1.807) is 11.3 Å². The van der Waals surface area contributed by atoms with Gasteiger partial charge in [0.05, 0.1) is 22.9 Å². The maximum atomic E-state index is 5.92. The van der Waals surface area contributed by atoms with Crippen molar-refractivity contribution >= 4 is 37.5 Å². The molecular weight excluding hydrogens is 312 g/mol. The van der Waals surface area contributed by atoms with Gasteiger partial charge in [-0.3, -0.25) is 0 Å². The van der Waals surface area contributed by atoms with Crippen LogP contribution in [0.15, 0.2) is 22.7 Å². The van der Waals surface area contributed by atoms with Crippen LogP contribution in [-0.4, -0.2) is 24.2 Å². The van der Waals surface area contributed by atoms with E-state index in [4.69, 9.17) is 4.74 Å². The fourth-order valence-electron chi connectivity index (χ4n) is 2.16. The van der Waals surface area contributed by atoms with Crippen LogP contribution in [-0.2, 0) is 11.3 Å². The van der Waals surface area contributed by atoms with Crippen molar-refractivity contribution in [2.75, 3.05) is 13.1 Å². The van der Waals surface area contributed by atoms with Crippen molar-refractivity contribution in [2.24, 2.45) is 0 Å². The summed E-state index contributed by atoms with van der Waals surface area (Å²) in [7, 11) is 0. The summed E-state index contributed by atoms with van der Waals surface area (Å²) in [5, 5.41) is 4.41. The Bertz CT molecular complexity index is 537. The van der Waals surface area contributed by atoms with E-state index in [2.05, 4.69) is 32.3 Å². The maximum Gasteiger partial charge on any atom is 0.120 e. The molecule has 1 aliphatic rings. The average Bonchev–Trinajstić information content (AvgIpc) is 2.79. The lowest BCUT2D eigenvalue weighted by molar-refractivity contribution is 0.0212. The Hall–Kier alpha value is -0.490. The second kappa shape index (κ2) is 5.65. The highest BCUT2D eigenvalue weighted by atomic mass is 79.9. The number of piperidine rings is 1. The minimum Gasteiger partial charge on any atom is -0.371 e. The molecule has 1 aromatic carbocycles. The number of nitrogens with one attached hydrogen (secondary N) is 1. The fraction of sp³-hybridized carbons (Fsp3) is 0.462. The number of nitrogens with zero attached hydrogens (tertiary/aromatic N) is 1. The first-order valence-electron chi connectivity index (χ1n) is 6.18. The molecule has 0 aliphatic carbocycles. The van der Waals surface area contributed by atoms with Crippen LogP contribution in [0, 0.1) is 0 Å². The van der Waals surface area contributed by atoms with Gasteiger partial charge in [-0.2, -0.15) is 0 Å². The highest BCUT2D eigenvalue weighted by Gasteiger charge is 2.14. The number of fused-ring (bicyclic) bond motifs is 1. The summed E-state index contributed by atoms with van der Waals surface area (Å²) in [6.07, 6.45) is 2.61. The van der Waals surface area contributed by atoms with Crippen molar-refractivity contribution in [1.82, 2.24) is 10.3 Å². The first kappa shape index (κ1) is 12.5. The Morgan fingerprint density at radius 3 is 3.06 bits per heavy atom. The fourth-order valence-corrected chi connectivity index (χ4v) is 3.60. The molecule has 2 heterocycles. The molecule has 1 aromatic heterocycles. The van der Waals surface area contributed by atoms with E-state index in [9.17, 15) is 0 Å². The van der Waals surface area contributed by atoms with E-state index in [-0.39, 0.29) is 0 Å². The van der Waals surface area contributed by atoms with Crippen molar-refractivity contribution in [2.45, 2.75) is 25.6 Å². The summed E-state index contributed by atoms with van der Waals surface area (Å²) in [6, 6.07) is 6.18. The molecule has 3 nitrogen and oxygen atoms in total. The predicted molar refractivity (Wildman–Crippen MR) is 78.0 cm³/mol. The second-order valence-corrected chi connectivity index (χ2v) is 6.51. The van der Waals surface area contributed by atoms with Crippen molar-refractivity contribution in [3.05, 3.63) is 27.7 Å². The third kappa shape index (κ3) is 2.91. The molecular formula is C13H15BrN2OS. The van der Waals surface area contributed by atoms with Crippen LogP contribution in [0.1, 0.15) is 17.8 Å². The Morgan fingerprint density at radius 1 is 1.39 bits per heavy atom. The van der Waals surface area contributed by atoms with E-state index >= 15 is 0 Å². The zero-order valence-corrected chi connectivity index (χ0v) is 12.4. The lowest BCUT2D eigenvalue weighted by Gasteiger charge is -2.22. The predicted octanol–water partition coefficient (Wildman–Crippen LogP) is 3.33. The topological polar surface area (TPSA) is 34.1 Å². The molecule has 1 saturated heterocycles. The smallest absolute Gasteiger partial charge is 0.120 e. The first-order chi connectivity index (χ1) is 8.81. The Balaban J connectivity index is 1.67. The number of aromatic nitrogens is 1. The maximum absolute atomic E-state index is 5.92. The van der Waals surface area contributed by atoms with Crippen LogP contribution in [0.4, 0.5) is 0 Å². The van der Waals surface area contributed by atoms with Gasteiger partial charge in [-0.1, -0.05) is 15.9 Å². The summed E-state index contributed by atoms with van der Waals surface area (Å²) < 4.78 is 8.24. The molecule has 96 valence electrons. The van der Waals surface area contributed by atoms with Crippen LogP contribution >= 0.6 is 27.3 Å². The molecule has 0 atom stereocenters. The van der Waals surface area contributed by atoms with E-state index in [1.807, 2.05) is 12.1 Å². The number of hydrogen-bond donors (Lipinski definition) is 1. The number of benzene rings is 1. The summed E-state index contributed by atoms with van der Waals surface area (Å²) in [4.78, 5) is 4.60. The minimum absolute atomic E-state index is 0.394. The van der Waals surface area contributed by atoms with Gasteiger partial charge in [-0.15, -0.1) is 11.3 Å². The van der Waals surface area contributed by atoms with Crippen LogP contribution in [0.25, 0.3) is 10.2 Å². The molecule has 0 bridgehead atoms. The number of rotatable bonds is 3. The van der Waals surface area contributed by atoms with Gasteiger partial charge in [0, 0.05) is 4.47 Å². The number of thiazole rings is 1. The zero-order chi connectivity index (χ0) is 12.4. The lowest BCUT2D eigenvalue weighted by atomic mass is 10.1. The Kier molecular flexibility index (Phi) is 3.94. The molecule has 5 heteroatoms. The highest BCUT2D eigenvalue weighted by Crippen LogP contribution is 2.26. The quantitative estimate of drug-likeness (QED) is 0.939. The third-order valence-corrected chi connectivity index (χ3v) is 4.61. The molecule has 0 amide bonds. The van der Waals surface area contributed by atoms with Gasteiger partial charge in [-0.25, -0.2) is 4.98 Å². The van der Waals surface area contributed by atoms with Crippen molar-refractivity contribution in [3.8, 4) is 0 Å². The van der Waals surface area contributed by atoms with Crippen molar-refractivity contribution in [3.63, 3.8) is 0 Å². The average molecular weight is 327 g/mol. The summed E-state index contributed by atoms with van der Waals surface area (Å²) in [5.74, 6) is 0. The molecule has 0 unspecified atom stereocenters. The SMILES string of the molecule is Brc1ccc2nc(COC3CCNCC3)sc2c1. The summed E-state index contributed by atoms with van der Waals surface area (Å²) in [5.41, 5.74) is 1.06. The molecule has 0 radical (unpaired) electrons. The molecule has 1 aliphatic heterocycles. The molecule has 0 spiro atoms. The van der Waals surface area contributed by atoms with Crippen LogP contribution in [0.3, 0.4) is 0 Å². The van der Waals surface area contributed by atoms with Crippen LogP contribution in [0.2, 0.25) is 0 Å². The number of halogens is 1. The lowest BCUT2D eigenvalue weighted by Crippen LogP contribution is -2.32. The van der Waals surface area contributed by atoms with Gasteiger partial charge in [0.15, 0.2) is 0 Å². The number of hydrogen-bond acceptors (Lipinski definition) is 4. The normalized spacial score (nSPS) is 17.4.